The molecule has 0 bridgehead atoms. The van der Waals surface area contributed by atoms with Crippen molar-refractivity contribution in [1.29, 1.82) is 0 Å². The molecule has 0 aliphatic carbocycles. The molecule has 2 heterocycles. The van der Waals surface area contributed by atoms with Crippen LogP contribution in [0.5, 0.6) is 0 Å². The average molecular weight is 285 g/mol. The zero-order chi connectivity index (χ0) is 15.0. The molecule has 21 heavy (non-hydrogen) atoms. The summed E-state index contributed by atoms with van der Waals surface area (Å²) in [4.78, 5) is 28.9. The first-order chi connectivity index (χ1) is 10.1. The van der Waals surface area contributed by atoms with Gasteiger partial charge in [0, 0.05) is 19.2 Å². The highest BCUT2D eigenvalue weighted by atomic mass is 16.2. The van der Waals surface area contributed by atoms with Crippen LogP contribution in [0.2, 0.25) is 0 Å². The van der Waals surface area contributed by atoms with Crippen molar-refractivity contribution in [3.8, 4) is 0 Å². The number of H-pyrrole nitrogens is 1. The van der Waals surface area contributed by atoms with Gasteiger partial charge in [-0.3, -0.25) is 14.3 Å². The number of hydrogen-bond acceptors (Lipinski definition) is 3. The SMILES string of the molecule is CCn1c(=O)cc(N2CCc3ccccc3[C@@H]2C)[nH]c1=O. The Kier molecular flexibility index (Phi) is 3.41. The zero-order valence-electron chi connectivity index (χ0n) is 12.3. The first kappa shape index (κ1) is 13.7. The van der Waals surface area contributed by atoms with Gasteiger partial charge in [0.25, 0.3) is 5.56 Å². The number of rotatable bonds is 2. The zero-order valence-corrected chi connectivity index (χ0v) is 12.3. The summed E-state index contributed by atoms with van der Waals surface area (Å²) in [6, 6.07) is 9.98. The minimum absolute atomic E-state index is 0.141. The number of nitrogens with zero attached hydrogens (tertiary/aromatic N) is 2. The third-order valence-electron chi connectivity index (χ3n) is 4.23. The smallest absolute Gasteiger partial charge is 0.329 e. The van der Waals surface area contributed by atoms with E-state index in [2.05, 4.69) is 28.9 Å². The number of benzene rings is 1. The predicted octanol–water partition coefficient (Wildman–Crippen LogP) is 1.68. The summed E-state index contributed by atoms with van der Waals surface area (Å²) in [5.74, 6) is 0.608. The molecular formula is C16H19N3O2. The highest BCUT2D eigenvalue weighted by Gasteiger charge is 2.24. The molecule has 0 saturated heterocycles. The van der Waals surface area contributed by atoms with Crippen LogP contribution in [0, 0.1) is 0 Å². The Bertz CT molecular complexity index is 744. The van der Waals surface area contributed by atoms with Crippen molar-refractivity contribution in [3.63, 3.8) is 0 Å². The molecular weight excluding hydrogens is 266 g/mol. The first-order valence-electron chi connectivity index (χ1n) is 7.30. The van der Waals surface area contributed by atoms with Crippen LogP contribution < -0.4 is 16.1 Å². The van der Waals surface area contributed by atoms with Crippen molar-refractivity contribution in [3.05, 3.63) is 62.3 Å². The molecule has 0 fully saturated rings. The van der Waals surface area contributed by atoms with Crippen LogP contribution >= 0.6 is 0 Å². The number of aromatic amines is 1. The number of aromatic nitrogens is 2. The fraction of sp³-hybridized carbons (Fsp3) is 0.375. The fourth-order valence-corrected chi connectivity index (χ4v) is 3.06. The second kappa shape index (κ2) is 5.24. The van der Waals surface area contributed by atoms with Gasteiger partial charge >= 0.3 is 5.69 Å². The van der Waals surface area contributed by atoms with Gasteiger partial charge in [0.2, 0.25) is 0 Å². The topological polar surface area (TPSA) is 58.1 Å². The molecule has 0 spiro atoms. The van der Waals surface area contributed by atoms with E-state index in [0.717, 1.165) is 13.0 Å². The lowest BCUT2D eigenvalue weighted by Gasteiger charge is -2.36. The van der Waals surface area contributed by atoms with Gasteiger partial charge in [0.05, 0.1) is 6.04 Å². The summed E-state index contributed by atoms with van der Waals surface area (Å²) < 4.78 is 1.20. The molecule has 0 unspecified atom stereocenters. The molecule has 1 N–H and O–H groups in total. The van der Waals surface area contributed by atoms with Gasteiger partial charge in [-0.25, -0.2) is 4.79 Å². The van der Waals surface area contributed by atoms with Crippen LogP contribution in [0.15, 0.2) is 39.9 Å². The maximum atomic E-state index is 12.0. The Morgan fingerprint density at radius 1 is 1.29 bits per heavy atom. The van der Waals surface area contributed by atoms with Gasteiger partial charge in [0.1, 0.15) is 5.82 Å². The molecule has 1 aromatic heterocycles. The number of hydrogen-bond donors (Lipinski definition) is 1. The Morgan fingerprint density at radius 3 is 2.76 bits per heavy atom. The van der Waals surface area contributed by atoms with Crippen molar-refractivity contribution in [2.75, 3.05) is 11.4 Å². The molecule has 1 aliphatic heterocycles. The predicted molar refractivity (Wildman–Crippen MR) is 82.9 cm³/mol. The summed E-state index contributed by atoms with van der Waals surface area (Å²) in [6.45, 7) is 5.06. The molecule has 1 atom stereocenters. The van der Waals surface area contributed by atoms with Gasteiger partial charge in [-0.1, -0.05) is 24.3 Å². The number of anilines is 1. The van der Waals surface area contributed by atoms with E-state index in [1.165, 1.54) is 21.8 Å². The minimum atomic E-state index is -0.342. The van der Waals surface area contributed by atoms with Gasteiger partial charge in [-0.2, -0.15) is 0 Å². The Balaban J connectivity index is 2.03. The summed E-state index contributed by atoms with van der Waals surface area (Å²) in [5, 5.41) is 0. The minimum Gasteiger partial charge on any atom is -0.351 e. The number of fused-ring (bicyclic) bond motifs is 1. The molecule has 5 heteroatoms. The van der Waals surface area contributed by atoms with Crippen molar-refractivity contribution in [2.24, 2.45) is 0 Å². The fourth-order valence-electron chi connectivity index (χ4n) is 3.06. The van der Waals surface area contributed by atoms with E-state index in [0.29, 0.717) is 12.4 Å². The van der Waals surface area contributed by atoms with Crippen LogP contribution in [0.3, 0.4) is 0 Å². The number of nitrogens with one attached hydrogen (secondary N) is 1. The van der Waals surface area contributed by atoms with Crippen LogP contribution in [0.25, 0.3) is 0 Å². The lowest BCUT2D eigenvalue weighted by atomic mass is 9.94. The molecule has 2 aromatic rings. The van der Waals surface area contributed by atoms with Crippen LogP contribution in [0.1, 0.15) is 31.0 Å². The maximum absolute atomic E-state index is 12.0. The average Bonchev–Trinajstić information content (AvgIpc) is 2.47. The Labute approximate surface area is 122 Å². The third kappa shape index (κ3) is 2.28. The monoisotopic (exact) mass is 285 g/mol. The quantitative estimate of drug-likeness (QED) is 0.913. The van der Waals surface area contributed by atoms with Crippen molar-refractivity contribution < 1.29 is 0 Å². The van der Waals surface area contributed by atoms with Crippen molar-refractivity contribution in [1.82, 2.24) is 9.55 Å². The van der Waals surface area contributed by atoms with E-state index in [4.69, 9.17) is 0 Å². The van der Waals surface area contributed by atoms with E-state index in [9.17, 15) is 9.59 Å². The highest BCUT2D eigenvalue weighted by Crippen LogP contribution is 2.31. The van der Waals surface area contributed by atoms with Crippen LogP contribution in [0.4, 0.5) is 5.82 Å². The van der Waals surface area contributed by atoms with E-state index in [-0.39, 0.29) is 17.3 Å². The van der Waals surface area contributed by atoms with E-state index in [1.54, 1.807) is 6.92 Å². The third-order valence-corrected chi connectivity index (χ3v) is 4.23. The maximum Gasteiger partial charge on any atom is 0.329 e. The summed E-state index contributed by atoms with van der Waals surface area (Å²) in [5.41, 5.74) is 2.00. The molecule has 1 aromatic carbocycles. The summed E-state index contributed by atoms with van der Waals surface area (Å²) in [6.07, 6.45) is 0.916. The Hall–Kier alpha value is -2.30. The van der Waals surface area contributed by atoms with Gasteiger partial charge in [-0.15, -0.1) is 0 Å². The van der Waals surface area contributed by atoms with E-state index >= 15 is 0 Å². The second-order valence-corrected chi connectivity index (χ2v) is 5.36. The molecule has 110 valence electrons. The van der Waals surface area contributed by atoms with Crippen LogP contribution in [-0.2, 0) is 13.0 Å². The van der Waals surface area contributed by atoms with Crippen LogP contribution in [-0.4, -0.2) is 16.1 Å². The second-order valence-electron chi connectivity index (χ2n) is 5.36. The molecule has 0 radical (unpaired) electrons. The van der Waals surface area contributed by atoms with Gasteiger partial charge < -0.3 is 4.90 Å². The normalized spacial score (nSPS) is 17.6. The highest BCUT2D eigenvalue weighted by molar-refractivity contribution is 5.46. The van der Waals surface area contributed by atoms with Crippen molar-refractivity contribution in [2.45, 2.75) is 32.9 Å². The lowest BCUT2D eigenvalue weighted by Crippen LogP contribution is -2.40. The van der Waals surface area contributed by atoms with E-state index in [1.807, 2.05) is 12.1 Å². The van der Waals surface area contributed by atoms with Gasteiger partial charge in [-0.05, 0) is 31.4 Å². The lowest BCUT2D eigenvalue weighted by molar-refractivity contribution is 0.603. The first-order valence-corrected chi connectivity index (χ1v) is 7.30. The Morgan fingerprint density at radius 2 is 2.05 bits per heavy atom. The summed E-state index contributed by atoms with van der Waals surface area (Å²) >= 11 is 0. The molecule has 5 nitrogen and oxygen atoms in total. The van der Waals surface area contributed by atoms with Crippen molar-refractivity contribution >= 4 is 5.82 Å². The largest absolute Gasteiger partial charge is 0.351 e. The summed E-state index contributed by atoms with van der Waals surface area (Å²) in [7, 11) is 0. The standard InChI is InChI=1S/C16H19N3O2/c1-3-18-15(20)10-14(17-16(18)21)19-9-8-12-6-4-5-7-13(12)11(19)2/h4-7,10-11H,3,8-9H2,1-2H3,(H,17,21)/t11-/m0/s1. The molecule has 1 aliphatic rings. The molecule has 0 saturated carbocycles. The van der Waals surface area contributed by atoms with E-state index < -0.39 is 0 Å². The molecule has 0 amide bonds. The van der Waals surface area contributed by atoms with Gasteiger partial charge in [0.15, 0.2) is 0 Å². The molecule has 3 rings (SSSR count).